The lowest BCUT2D eigenvalue weighted by atomic mass is 9.61. The van der Waals surface area contributed by atoms with Crippen molar-refractivity contribution in [2.24, 2.45) is 5.92 Å². The summed E-state index contributed by atoms with van der Waals surface area (Å²) in [6.45, 7) is 9.60. The van der Waals surface area contributed by atoms with Crippen LogP contribution in [-0.2, 0) is 16.2 Å². The first-order valence-electron chi connectivity index (χ1n) is 24.4. The van der Waals surface area contributed by atoms with E-state index in [1.807, 2.05) is 0 Å². The van der Waals surface area contributed by atoms with E-state index in [-0.39, 0.29) is 22.7 Å². The molecule has 1 heteroatoms. The van der Waals surface area contributed by atoms with Crippen LogP contribution >= 0.6 is 0 Å². The largest absolute Gasteiger partial charge is 0.309 e. The van der Waals surface area contributed by atoms with Crippen LogP contribution in [0.5, 0.6) is 0 Å². The first-order chi connectivity index (χ1) is 33.3. The fourth-order valence-electron chi connectivity index (χ4n) is 13.9. The fraction of sp³-hybridized carbons (Fsp3) is 0.134. The molecule has 3 unspecified atom stereocenters. The van der Waals surface area contributed by atoms with Crippen molar-refractivity contribution in [1.82, 2.24) is 0 Å². The molecule has 0 amide bonds. The third-order valence-electron chi connectivity index (χ3n) is 16.8. The highest BCUT2D eigenvalue weighted by atomic mass is 15.1. The van der Waals surface area contributed by atoms with Gasteiger partial charge in [-0.2, -0.15) is 0 Å². The van der Waals surface area contributed by atoms with Crippen LogP contribution < -0.4 is 4.90 Å². The molecule has 0 saturated heterocycles. The van der Waals surface area contributed by atoms with Gasteiger partial charge in [-0.1, -0.05) is 228 Å². The van der Waals surface area contributed by atoms with Crippen molar-refractivity contribution in [2.75, 3.05) is 4.90 Å². The second-order valence-corrected chi connectivity index (χ2v) is 20.7. The smallest absolute Gasteiger partial charge is 0.0547 e. The van der Waals surface area contributed by atoms with Gasteiger partial charge in [-0.25, -0.2) is 0 Å². The normalized spacial score (nSPS) is 19.8. The minimum atomic E-state index is -0.455. The number of fused-ring (bicyclic) bond motifs is 16. The molecule has 14 rings (SSSR count). The van der Waals surface area contributed by atoms with E-state index in [9.17, 15) is 0 Å². The zero-order chi connectivity index (χ0) is 45.5. The van der Waals surface area contributed by atoms with Gasteiger partial charge in [0.1, 0.15) is 0 Å². The summed E-state index contributed by atoms with van der Waals surface area (Å²) in [6.07, 6.45) is 7.23. The number of hydrogen-bond acceptors (Lipinski definition) is 1. The van der Waals surface area contributed by atoms with E-state index in [4.69, 9.17) is 0 Å². The van der Waals surface area contributed by atoms with Gasteiger partial charge in [-0.05, 0) is 113 Å². The predicted molar refractivity (Wildman–Crippen MR) is 283 cm³/mol. The number of nitrogens with zero attached hydrogens (tertiary/aromatic N) is 1. The Kier molecular flexibility index (Phi) is 8.20. The average molecular weight is 870 g/mol. The summed E-state index contributed by atoms with van der Waals surface area (Å²) in [7, 11) is 0. The predicted octanol–water partition coefficient (Wildman–Crippen LogP) is 17.1. The quantitative estimate of drug-likeness (QED) is 0.167. The van der Waals surface area contributed by atoms with Crippen molar-refractivity contribution in [2.45, 2.75) is 49.9 Å². The summed E-state index contributed by atoms with van der Waals surface area (Å²) < 4.78 is 0. The Morgan fingerprint density at radius 2 is 0.897 bits per heavy atom. The van der Waals surface area contributed by atoms with E-state index in [1.165, 1.54) is 117 Å². The Labute approximate surface area is 400 Å². The van der Waals surface area contributed by atoms with Crippen molar-refractivity contribution in [3.05, 3.63) is 275 Å². The molecule has 1 nitrogen and oxygen atoms in total. The molecular formula is C67H51N. The second kappa shape index (κ2) is 14.1. The van der Waals surface area contributed by atoms with Gasteiger partial charge in [-0.15, -0.1) is 0 Å². The molecule has 0 aliphatic heterocycles. The molecule has 0 bridgehead atoms. The van der Waals surface area contributed by atoms with Gasteiger partial charge in [0.2, 0.25) is 0 Å². The number of benzene rings is 9. The standard InChI is InChI=1S/C67H51N/c1-65(2)54-31-13-10-26-51(54)62-57(65)34-18-36-60(62)68(45-38-39-49-47-24-8-12-30-53(47)66(3,4)59(49)41-45)61-37-19-35-58-63(61)52-27-11-15-33-56(52)67(58)55-32-14-9-25-48(55)50-29-17-28-46(64(50)67)44-23-16-22-43(40-44)42-20-6-5-7-21-42/h5-41,46,64H,1-4H3. The highest BCUT2D eigenvalue weighted by molar-refractivity contribution is 6.03. The van der Waals surface area contributed by atoms with Crippen molar-refractivity contribution < 1.29 is 0 Å². The summed E-state index contributed by atoms with van der Waals surface area (Å²) in [5.41, 5.74) is 27.1. The molecule has 9 aromatic rings. The van der Waals surface area contributed by atoms with E-state index in [2.05, 4.69) is 257 Å². The van der Waals surface area contributed by atoms with E-state index >= 15 is 0 Å². The molecule has 0 saturated carbocycles. The number of allylic oxidation sites excluding steroid dienone is 4. The van der Waals surface area contributed by atoms with Gasteiger partial charge in [-0.3, -0.25) is 0 Å². The van der Waals surface area contributed by atoms with Gasteiger partial charge in [0.25, 0.3) is 0 Å². The molecule has 0 radical (unpaired) electrons. The van der Waals surface area contributed by atoms with Crippen LogP contribution in [0.3, 0.4) is 0 Å². The van der Waals surface area contributed by atoms with E-state index in [0.29, 0.717) is 0 Å². The maximum atomic E-state index is 2.64. The van der Waals surface area contributed by atoms with Crippen LogP contribution in [0.4, 0.5) is 17.1 Å². The van der Waals surface area contributed by atoms with Crippen molar-refractivity contribution >= 4 is 22.6 Å². The van der Waals surface area contributed by atoms with Crippen molar-refractivity contribution in [3.8, 4) is 44.5 Å². The Hall–Kier alpha value is -7.74. The van der Waals surface area contributed by atoms with Crippen LogP contribution in [0.1, 0.15) is 83.7 Å². The molecule has 0 fully saturated rings. The maximum absolute atomic E-state index is 2.64. The Morgan fingerprint density at radius 3 is 1.63 bits per heavy atom. The number of rotatable bonds is 5. The van der Waals surface area contributed by atoms with Crippen LogP contribution in [0, 0.1) is 5.92 Å². The molecule has 1 spiro atoms. The van der Waals surface area contributed by atoms with Crippen LogP contribution in [0.2, 0.25) is 0 Å². The highest BCUT2D eigenvalue weighted by Gasteiger charge is 2.59. The highest BCUT2D eigenvalue weighted by Crippen LogP contribution is 2.69. The van der Waals surface area contributed by atoms with Crippen LogP contribution in [-0.4, -0.2) is 0 Å². The van der Waals surface area contributed by atoms with Gasteiger partial charge < -0.3 is 4.90 Å². The van der Waals surface area contributed by atoms with Gasteiger partial charge in [0.05, 0.1) is 16.8 Å². The number of anilines is 3. The zero-order valence-electron chi connectivity index (χ0n) is 39.0. The average Bonchev–Trinajstić information content (AvgIpc) is 4.02. The lowest BCUT2D eigenvalue weighted by Crippen LogP contribution is -2.36. The van der Waals surface area contributed by atoms with E-state index in [1.54, 1.807) is 0 Å². The zero-order valence-corrected chi connectivity index (χ0v) is 39.0. The molecule has 9 aromatic carbocycles. The first kappa shape index (κ1) is 39.4. The van der Waals surface area contributed by atoms with Crippen LogP contribution in [0.25, 0.3) is 50.1 Å². The molecule has 324 valence electrons. The SMILES string of the molecule is CC1(C)c2ccccc2-c2ccc(N(c3cccc4c3-c3ccccc3C4(C)C)c3cccc4c3-c3ccccc3C43c4ccccc4C4=CC=CC(c5cccc(-c6ccccc6)c5)C43)cc21. The van der Waals surface area contributed by atoms with Crippen LogP contribution in [0.15, 0.2) is 224 Å². The van der Waals surface area contributed by atoms with Crippen molar-refractivity contribution in [1.29, 1.82) is 0 Å². The van der Waals surface area contributed by atoms with E-state index < -0.39 is 5.41 Å². The molecule has 3 atom stereocenters. The third kappa shape index (κ3) is 5.11. The molecule has 68 heavy (non-hydrogen) atoms. The summed E-state index contributed by atoms with van der Waals surface area (Å²) in [6, 6.07) is 78.6. The topological polar surface area (TPSA) is 3.24 Å². The first-order valence-corrected chi connectivity index (χ1v) is 24.4. The molecular weight excluding hydrogens is 819 g/mol. The summed E-state index contributed by atoms with van der Waals surface area (Å²) in [5, 5.41) is 0. The van der Waals surface area contributed by atoms with Crippen molar-refractivity contribution in [3.63, 3.8) is 0 Å². The number of hydrogen-bond donors (Lipinski definition) is 0. The molecule has 0 N–H and O–H groups in total. The summed E-state index contributed by atoms with van der Waals surface area (Å²) in [5.74, 6) is 0.247. The van der Waals surface area contributed by atoms with Gasteiger partial charge in [0, 0.05) is 39.5 Å². The monoisotopic (exact) mass is 869 g/mol. The molecule has 5 aliphatic carbocycles. The Balaban J connectivity index is 1.05. The van der Waals surface area contributed by atoms with Gasteiger partial charge in [0.15, 0.2) is 0 Å². The minimum absolute atomic E-state index is 0.120. The summed E-state index contributed by atoms with van der Waals surface area (Å²) in [4.78, 5) is 2.64. The lowest BCUT2D eigenvalue weighted by molar-refractivity contribution is 0.451. The maximum Gasteiger partial charge on any atom is 0.0547 e. The minimum Gasteiger partial charge on any atom is -0.309 e. The Bertz CT molecular complexity index is 3650. The fourth-order valence-corrected chi connectivity index (χ4v) is 13.9. The third-order valence-corrected chi connectivity index (χ3v) is 16.8. The molecule has 0 heterocycles. The summed E-state index contributed by atoms with van der Waals surface area (Å²) >= 11 is 0. The molecule has 0 aromatic heterocycles. The lowest BCUT2D eigenvalue weighted by Gasteiger charge is -2.41. The molecule has 5 aliphatic rings. The second-order valence-electron chi connectivity index (χ2n) is 20.7. The van der Waals surface area contributed by atoms with E-state index in [0.717, 1.165) is 0 Å². The van der Waals surface area contributed by atoms with Gasteiger partial charge >= 0.3 is 0 Å². The Morgan fingerprint density at radius 1 is 0.382 bits per heavy atom.